The average molecular weight is 264 g/mol. The molecular weight excluding hydrogens is 244 g/mol. The van der Waals surface area contributed by atoms with Crippen molar-refractivity contribution in [3.8, 4) is 11.5 Å². The van der Waals surface area contributed by atoms with Crippen LogP contribution in [0.5, 0.6) is 11.5 Å². The second-order valence-corrected chi connectivity index (χ2v) is 5.54. The van der Waals surface area contributed by atoms with Crippen molar-refractivity contribution in [2.45, 2.75) is 18.9 Å². The SMILES string of the molecule is COc1cc2c(cc1OC)C1(C)OC[C@H](C2)[C@@H]1CO. The quantitative estimate of drug-likeness (QED) is 0.903. The maximum Gasteiger partial charge on any atom is 0.161 e. The van der Waals surface area contributed by atoms with Gasteiger partial charge in [0.2, 0.25) is 0 Å². The molecule has 1 fully saturated rings. The van der Waals surface area contributed by atoms with Crippen LogP contribution in [0.2, 0.25) is 0 Å². The van der Waals surface area contributed by atoms with Gasteiger partial charge >= 0.3 is 0 Å². The lowest BCUT2D eigenvalue weighted by molar-refractivity contribution is -0.0260. The molecule has 4 nitrogen and oxygen atoms in total. The van der Waals surface area contributed by atoms with Gasteiger partial charge in [-0.15, -0.1) is 0 Å². The fraction of sp³-hybridized carbons (Fsp3) is 0.600. The molecule has 104 valence electrons. The minimum atomic E-state index is -0.410. The highest BCUT2D eigenvalue weighted by atomic mass is 16.5. The molecule has 1 saturated heterocycles. The molecule has 1 heterocycles. The number of benzene rings is 1. The number of hydrogen-bond donors (Lipinski definition) is 1. The van der Waals surface area contributed by atoms with Gasteiger partial charge < -0.3 is 19.3 Å². The van der Waals surface area contributed by atoms with Gasteiger partial charge in [0.15, 0.2) is 11.5 Å². The summed E-state index contributed by atoms with van der Waals surface area (Å²) in [5.74, 6) is 2.03. The summed E-state index contributed by atoms with van der Waals surface area (Å²) in [6.45, 7) is 2.94. The fourth-order valence-electron chi connectivity index (χ4n) is 3.59. The van der Waals surface area contributed by atoms with Crippen LogP contribution in [-0.4, -0.2) is 32.5 Å². The summed E-state index contributed by atoms with van der Waals surface area (Å²) >= 11 is 0. The first-order chi connectivity index (χ1) is 9.13. The smallest absolute Gasteiger partial charge is 0.161 e. The Bertz CT molecular complexity index is 499. The van der Waals surface area contributed by atoms with Crippen LogP contribution < -0.4 is 9.47 Å². The summed E-state index contributed by atoms with van der Waals surface area (Å²) in [5, 5.41) is 9.65. The molecule has 1 aromatic carbocycles. The number of methoxy groups -OCH3 is 2. The van der Waals surface area contributed by atoms with Crippen molar-refractivity contribution >= 4 is 0 Å². The number of ether oxygens (including phenoxy) is 3. The summed E-state index contributed by atoms with van der Waals surface area (Å²) in [6, 6.07) is 4.04. The lowest BCUT2D eigenvalue weighted by Gasteiger charge is -2.37. The largest absolute Gasteiger partial charge is 0.493 e. The Morgan fingerprint density at radius 3 is 2.63 bits per heavy atom. The molecule has 0 aromatic heterocycles. The third kappa shape index (κ3) is 1.66. The van der Waals surface area contributed by atoms with Gasteiger partial charge in [0, 0.05) is 12.5 Å². The highest BCUT2D eigenvalue weighted by Gasteiger charge is 2.51. The minimum Gasteiger partial charge on any atom is -0.493 e. The Balaban J connectivity index is 2.14. The topological polar surface area (TPSA) is 47.9 Å². The normalized spacial score (nSPS) is 32.0. The minimum absolute atomic E-state index is 0.162. The Hall–Kier alpha value is -1.26. The molecular formula is C15H20O4. The van der Waals surface area contributed by atoms with Crippen molar-refractivity contribution in [1.29, 1.82) is 0 Å². The molecule has 1 aliphatic carbocycles. The number of rotatable bonds is 3. The summed E-state index contributed by atoms with van der Waals surface area (Å²) in [5.41, 5.74) is 1.96. The van der Waals surface area contributed by atoms with E-state index in [1.165, 1.54) is 5.56 Å². The first-order valence-electron chi connectivity index (χ1n) is 6.64. The van der Waals surface area contributed by atoms with E-state index in [-0.39, 0.29) is 12.5 Å². The van der Waals surface area contributed by atoms with Crippen LogP contribution in [-0.2, 0) is 16.8 Å². The molecule has 19 heavy (non-hydrogen) atoms. The van der Waals surface area contributed by atoms with Crippen LogP contribution in [0.15, 0.2) is 12.1 Å². The van der Waals surface area contributed by atoms with Gasteiger partial charge in [-0.05, 0) is 42.5 Å². The first kappa shape index (κ1) is 12.8. The summed E-state index contributed by atoms with van der Waals surface area (Å²) in [6.07, 6.45) is 0.927. The molecule has 0 spiro atoms. The third-order valence-electron chi connectivity index (χ3n) is 4.70. The van der Waals surface area contributed by atoms with Gasteiger partial charge in [-0.1, -0.05) is 0 Å². The number of aliphatic hydroxyl groups excluding tert-OH is 1. The van der Waals surface area contributed by atoms with E-state index in [1.807, 2.05) is 12.1 Å². The van der Waals surface area contributed by atoms with Crippen LogP contribution in [0, 0.1) is 11.8 Å². The van der Waals surface area contributed by atoms with E-state index in [0.29, 0.717) is 18.3 Å². The van der Waals surface area contributed by atoms with Crippen molar-refractivity contribution in [2.75, 3.05) is 27.4 Å². The number of aliphatic hydroxyl groups is 1. The molecule has 1 aromatic rings. The van der Waals surface area contributed by atoms with E-state index < -0.39 is 5.60 Å². The molecule has 0 radical (unpaired) electrons. The maximum atomic E-state index is 9.65. The van der Waals surface area contributed by atoms with Gasteiger partial charge in [-0.3, -0.25) is 0 Å². The molecule has 1 N–H and O–H groups in total. The van der Waals surface area contributed by atoms with Crippen molar-refractivity contribution in [2.24, 2.45) is 11.8 Å². The molecule has 2 bridgehead atoms. The van der Waals surface area contributed by atoms with E-state index >= 15 is 0 Å². The fourth-order valence-corrected chi connectivity index (χ4v) is 3.59. The van der Waals surface area contributed by atoms with Crippen LogP contribution in [0.25, 0.3) is 0 Å². The maximum absolute atomic E-state index is 9.65. The zero-order valence-electron chi connectivity index (χ0n) is 11.6. The van der Waals surface area contributed by atoms with Crippen molar-refractivity contribution in [3.05, 3.63) is 23.3 Å². The van der Waals surface area contributed by atoms with Crippen molar-refractivity contribution in [1.82, 2.24) is 0 Å². The van der Waals surface area contributed by atoms with E-state index in [1.54, 1.807) is 14.2 Å². The molecule has 1 unspecified atom stereocenters. The predicted octanol–water partition coefficient (Wildman–Crippen LogP) is 1.73. The standard InChI is InChI=1S/C15H20O4/c1-15-11-6-14(18-3)13(17-2)5-9(11)4-10(8-19-15)12(15)7-16/h5-6,10,12,16H,4,7-8H2,1-3H3/t10-,12-,15?/m0/s1. The molecule has 2 aliphatic rings. The van der Waals surface area contributed by atoms with Crippen LogP contribution in [0.1, 0.15) is 18.1 Å². The van der Waals surface area contributed by atoms with E-state index in [2.05, 4.69) is 6.92 Å². The predicted molar refractivity (Wildman–Crippen MR) is 70.6 cm³/mol. The Labute approximate surface area is 113 Å². The van der Waals surface area contributed by atoms with E-state index in [4.69, 9.17) is 14.2 Å². The summed E-state index contributed by atoms with van der Waals surface area (Å²) < 4.78 is 16.8. The first-order valence-corrected chi connectivity index (χ1v) is 6.64. The molecule has 4 heteroatoms. The van der Waals surface area contributed by atoms with Gasteiger partial charge in [0.1, 0.15) is 0 Å². The zero-order chi connectivity index (χ0) is 13.6. The van der Waals surface area contributed by atoms with Crippen molar-refractivity contribution in [3.63, 3.8) is 0 Å². The van der Waals surface area contributed by atoms with Crippen LogP contribution in [0.4, 0.5) is 0 Å². The monoisotopic (exact) mass is 264 g/mol. The van der Waals surface area contributed by atoms with Gasteiger partial charge in [-0.25, -0.2) is 0 Å². The number of fused-ring (bicyclic) bond motifs is 4. The third-order valence-corrected chi connectivity index (χ3v) is 4.70. The average Bonchev–Trinajstić information content (AvgIpc) is 2.67. The Morgan fingerprint density at radius 1 is 1.32 bits per heavy atom. The lowest BCUT2D eigenvalue weighted by Crippen LogP contribution is -2.38. The highest BCUT2D eigenvalue weighted by molar-refractivity contribution is 5.51. The van der Waals surface area contributed by atoms with Gasteiger partial charge in [0.05, 0.1) is 26.4 Å². The summed E-state index contributed by atoms with van der Waals surface area (Å²) in [7, 11) is 3.29. The summed E-state index contributed by atoms with van der Waals surface area (Å²) in [4.78, 5) is 0. The molecule has 3 rings (SSSR count). The second kappa shape index (κ2) is 4.39. The second-order valence-electron chi connectivity index (χ2n) is 5.54. The van der Waals surface area contributed by atoms with Crippen LogP contribution in [0.3, 0.4) is 0 Å². The molecule has 0 saturated carbocycles. The van der Waals surface area contributed by atoms with E-state index in [9.17, 15) is 5.11 Å². The zero-order valence-corrected chi connectivity index (χ0v) is 11.6. The van der Waals surface area contributed by atoms with Crippen LogP contribution >= 0.6 is 0 Å². The van der Waals surface area contributed by atoms with Gasteiger partial charge in [-0.2, -0.15) is 0 Å². The molecule has 0 amide bonds. The number of hydrogen-bond acceptors (Lipinski definition) is 4. The van der Waals surface area contributed by atoms with Crippen molar-refractivity contribution < 1.29 is 19.3 Å². The lowest BCUT2D eigenvalue weighted by atomic mass is 9.69. The molecule has 3 atom stereocenters. The molecule has 1 aliphatic heterocycles. The highest BCUT2D eigenvalue weighted by Crippen LogP contribution is 2.52. The Morgan fingerprint density at radius 2 is 2.00 bits per heavy atom. The Kier molecular flexibility index (Phi) is 2.95. The van der Waals surface area contributed by atoms with Gasteiger partial charge in [0.25, 0.3) is 0 Å². The van der Waals surface area contributed by atoms with E-state index in [0.717, 1.165) is 17.7 Å².